The number of hydrogen-bond acceptors (Lipinski definition) is 4. The maximum absolute atomic E-state index is 6.02. The van der Waals surface area contributed by atoms with Crippen molar-refractivity contribution in [2.75, 3.05) is 5.73 Å². The molecule has 5 heteroatoms. The van der Waals surface area contributed by atoms with Crippen molar-refractivity contribution in [1.82, 2.24) is 19.7 Å². The van der Waals surface area contributed by atoms with Gasteiger partial charge in [-0.2, -0.15) is 5.10 Å². The molecule has 0 aliphatic carbocycles. The Bertz CT molecular complexity index is 703. The van der Waals surface area contributed by atoms with E-state index in [1.807, 2.05) is 25.1 Å². The van der Waals surface area contributed by atoms with Gasteiger partial charge in [-0.3, -0.25) is 0 Å². The number of nitrogens with two attached hydrogens (primary N) is 1. The van der Waals surface area contributed by atoms with Crippen molar-refractivity contribution in [3.63, 3.8) is 0 Å². The highest BCUT2D eigenvalue weighted by Crippen LogP contribution is 2.25. The van der Waals surface area contributed by atoms with Crippen LogP contribution < -0.4 is 5.73 Å². The van der Waals surface area contributed by atoms with Crippen LogP contribution in [0.25, 0.3) is 17.2 Å². The SMILES string of the molecule is Cc1cccc(-c2nn(-c3ncccn3)cc2N)c1. The van der Waals surface area contributed by atoms with E-state index >= 15 is 0 Å². The molecule has 5 nitrogen and oxygen atoms in total. The standard InChI is InChI=1S/C14H13N5/c1-10-4-2-5-11(8-10)13-12(15)9-19(18-13)14-16-6-3-7-17-14/h2-9H,15H2,1H3. The maximum atomic E-state index is 6.02. The number of aromatic nitrogens is 4. The molecule has 2 heterocycles. The minimum atomic E-state index is 0.508. The van der Waals surface area contributed by atoms with E-state index in [2.05, 4.69) is 21.1 Å². The lowest BCUT2D eigenvalue weighted by Gasteiger charge is -2.00. The highest BCUT2D eigenvalue weighted by molar-refractivity contribution is 5.72. The fourth-order valence-corrected chi connectivity index (χ4v) is 1.92. The molecule has 0 aliphatic heterocycles. The second kappa shape index (κ2) is 4.53. The molecule has 0 aliphatic rings. The van der Waals surface area contributed by atoms with Gasteiger partial charge in [0.2, 0.25) is 0 Å². The third-order valence-electron chi connectivity index (χ3n) is 2.79. The van der Waals surface area contributed by atoms with Crippen LogP contribution in [-0.2, 0) is 0 Å². The van der Waals surface area contributed by atoms with Crippen molar-refractivity contribution in [2.45, 2.75) is 6.92 Å². The molecule has 94 valence electrons. The predicted molar refractivity (Wildman–Crippen MR) is 73.7 cm³/mol. The molecule has 1 aromatic carbocycles. The smallest absolute Gasteiger partial charge is 0.250 e. The molecular formula is C14H13N5. The van der Waals surface area contributed by atoms with E-state index < -0.39 is 0 Å². The van der Waals surface area contributed by atoms with Crippen LogP contribution in [0.5, 0.6) is 0 Å². The van der Waals surface area contributed by atoms with Crippen LogP contribution in [0.1, 0.15) is 5.56 Å². The Labute approximate surface area is 110 Å². The van der Waals surface area contributed by atoms with E-state index in [4.69, 9.17) is 5.73 Å². The van der Waals surface area contributed by atoms with E-state index in [1.54, 1.807) is 29.3 Å². The van der Waals surface area contributed by atoms with Gasteiger partial charge >= 0.3 is 0 Å². The first kappa shape index (κ1) is 11.4. The van der Waals surface area contributed by atoms with Gasteiger partial charge in [-0.1, -0.05) is 23.8 Å². The molecule has 0 saturated carbocycles. The molecule has 0 saturated heterocycles. The minimum absolute atomic E-state index is 0.508. The predicted octanol–water partition coefficient (Wildman–Crippen LogP) is 2.22. The van der Waals surface area contributed by atoms with Crippen molar-refractivity contribution < 1.29 is 0 Å². The molecule has 0 spiro atoms. The quantitative estimate of drug-likeness (QED) is 0.758. The average molecular weight is 251 g/mol. The molecule has 0 fully saturated rings. The van der Waals surface area contributed by atoms with Crippen LogP contribution in [0, 0.1) is 6.92 Å². The van der Waals surface area contributed by atoms with Gasteiger partial charge in [0.1, 0.15) is 5.69 Å². The molecule has 19 heavy (non-hydrogen) atoms. The van der Waals surface area contributed by atoms with Gasteiger partial charge in [0.15, 0.2) is 0 Å². The summed E-state index contributed by atoms with van der Waals surface area (Å²) in [5.41, 5.74) is 9.54. The number of anilines is 1. The molecule has 3 rings (SSSR count). The highest BCUT2D eigenvalue weighted by atomic mass is 15.3. The van der Waals surface area contributed by atoms with Crippen LogP contribution in [0.2, 0.25) is 0 Å². The number of nitrogen functional groups attached to an aromatic ring is 1. The first-order chi connectivity index (χ1) is 9.24. The van der Waals surface area contributed by atoms with Gasteiger partial charge in [0.25, 0.3) is 5.95 Å². The Kier molecular flexibility index (Phi) is 2.72. The lowest BCUT2D eigenvalue weighted by atomic mass is 10.1. The van der Waals surface area contributed by atoms with E-state index in [-0.39, 0.29) is 0 Å². The summed E-state index contributed by atoms with van der Waals surface area (Å²) in [5.74, 6) is 0.508. The van der Waals surface area contributed by atoms with Gasteiger partial charge in [-0.15, -0.1) is 0 Å². The fourth-order valence-electron chi connectivity index (χ4n) is 1.92. The Morgan fingerprint density at radius 3 is 2.63 bits per heavy atom. The van der Waals surface area contributed by atoms with E-state index in [0.29, 0.717) is 11.6 Å². The first-order valence-electron chi connectivity index (χ1n) is 5.93. The summed E-state index contributed by atoms with van der Waals surface area (Å²) in [7, 11) is 0. The van der Waals surface area contributed by atoms with Crippen molar-refractivity contribution in [3.05, 3.63) is 54.5 Å². The van der Waals surface area contributed by atoms with E-state index in [1.165, 1.54) is 5.56 Å². The second-order valence-corrected chi connectivity index (χ2v) is 4.30. The third-order valence-corrected chi connectivity index (χ3v) is 2.79. The lowest BCUT2D eigenvalue weighted by Crippen LogP contribution is -2.00. The summed E-state index contributed by atoms with van der Waals surface area (Å²) >= 11 is 0. The van der Waals surface area contributed by atoms with Crippen molar-refractivity contribution in [3.8, 4) is 17.2 Å². The molecule has 0 amide bonds. The van der Waals surface area contributed by atoms with Gasteiger partial charge in [0.05, 0.1) is 11.9 Å². The molecular weight excluding hydrogens is 238 g/mol. The summed E-state index contributed by atoms with van der Waals surface area (Å²) < 4.78 is 1.59. The summed E-state index contributed by atoms with van der Waals surface area (Å²) in [6.45, 7) is 2.04. The Morgan fingerprint density at radius 2 is 1.89 bits per heavy atom. The summed E-state index contributed by atoms with van der Waals surface area (Å²) in [4.78, 5) is 8.30. The minimum Gasteiger partial charge on any atom is -0.396 e. The Morgan fingerprint density at radius 1 is 1.11 bits per heavy atom. The van der Waals surface area contributed by atoms with Crippen LogP contribution in [0.4, 0.5) is 5.69 Å². The molecule has 0 unspecified atom stereocenters. The van der Waals surface area contributed by atoms with Crippen molar-refractivity contribution in [2.24, 2.45) is 0 Å². The maximum Gasteiger partial charge on any atom is 0.250 e. The Balaban J connectivity index is 2.08. The third kappa shape index (κ3) is 2.18. The number of aryl methyl sites for hydroxylation is 1. The number of benzene rings is 1. The van der Waals surface area contributed by atoms with Gasteiger partial charge in [-0.05, 0) is 19.1 Å². The summed E-state index contributed by atoms with van der Waals surface area (Å²) in [5, 5.41) is 4.46. The van der Waals surface area contributed by atoms with Gasteiger partial charge in [0, 0.05) is 18.0 Å². The molecule has 2 aromatic heterocycles. The average Bonchev–Trinajstić information content (AvgIpc) is 2.82. The monoisotopic (exact) mass is 251 g/mol. The number of nitrogens with zero attached hydrogens (tertiary/aromatic N) is 4. The second-order valence-electron chi connectivity index (χ2n) is 4.30. The molecule has 0 bridgehead atoms. The van der Waals surface area contributed by atoms with Gasteiger partial charge < -0.3 is 5.73 Å². The Hall–Kier alpha value is -2.69. The van der Waals surface area contributed by atoms with E-state index in [0.717, 1.165) is 11.3 Å². The topological polar surface area (TPSA) is 69.6 Å². The first-order valence-corrected chi connectivity index (χ1v) is 5.93. The number of rotatable bonds is 2. The molecule has 3 aromatic rings. The van der Waals surface area contributed by atoms with Gasteiger partial charge in [-0.25, -0.2) is 14.6 Å². The molecule has 0 radical (unpaired) electrons. The summed E-state index contributed by atoms with van der Waals surface area (Å²) in [6.07, 6.45) is 5.08. The van der Waals surface area contributed by atoms with Crippen LogP contribution in [0.15, 0.2) is 48.9 Å². The van der Waals surface area contributed by atoms with Crippen LogP contribution in [-0.4, -0.2) is 19.7 Å². The van der Waals surface area contributed by atoms with Crippen molar-refractivity contribution >= 4 is 5.69 Å². The van der Waals surface area contributed by atoms with Crippen LogP contribution >= 0.6 is 0 Å². The zero-order valence-electron chi connectivity index (χ0n) is 10.5. The summed E-state index contributed by atoms with van der Waals surface area (Å²) in [6, 6.07) is 9.83. The molecule has 0 atom stereocenters. The van der Waals surface area contributed by atoms with Crippen LogP contribution in [0.3, 0.4) is 0 Å². The molecule has 2 N–H and O–H groups in total. The van der Waals surface area contributed by atoms with Crippen molar-refractivity contribution in [1.29, 1.82) is 0 Å². The normalized spacial score (nSPS) is 10.6. The number of hydrogen-bond donors (Lipinski definition) is 1. The zero-order chi connectivity index (χ0) is 13.2. The fraction of sp³-hybridized carbons (Fsp3) is 0.0714. The zero-order valence-corrected chi connectivity index (χ0v) is 10.5. The van der Waals surface area contributed by atoms with E-state index in [9.17, 15) is 0 Å². The largest absolute Gasteiger partial charge is 0.396 e. The highest BCUT2D eigenvalue weighted by Gasteiger charge is 2.10. The lowest BCUT2D eigenvalue weighted by molar-refractivity contribution is 0.811.